The highest BCUT2D eigenvalue weighted by atomic mass is 32.2. The fourth-order valence-electron chi connectivity index (χ4n) is 2.85. The van der Waals surface area contributed by atoms with E-state index in [0.29, 0.717) is 17.6 Å². The number of thioether (sulfide) groups is 1. The zero-order valence-electron chi connectivity index (χ0n) is 14.7. The molecule has 2 aliphatic rings. The molecule has 8 heteroatoms. The van der Waals surface area contributed by atoms with Crippen LogP contribution in [0.25, 0.3) is 6.08 Å². The van der Waals surface area contributed by atoms with Crippen molar-refractivity contribution < 1.29 is 14.7 Å². The third-order valence-electron chi connectivity index (χ3n) is 4.49. The van der Waals surface area contributed by atoms with E-state index in [4.69, 9.17) is 5.11 Å². The molecule has 27 heavy (non-hydrogen) atoms. The number of carboxylic acid groups (broad SMARTS) is 1. The minimum atomic E-state index is -0.992. The lowest BCUT2D eigenvalue weighted by Crippen LogP contribution is -2.14. The lowest BCUT2D eigenvalue weighted by Gasteiger charge is -2.08. The van der Waals surface area contributed by atoms with Gasteiger partial charge in [-0.25, -0.2) is 4.79 Å². The molecule has 1 aromatic carbocycles. The Hall–Kier alpha value is -2.61. The average Bonchev–Trinajstić information content (AvgIpc) is 3.58. The van der Waals surface area contributed by atoms with Crippen molar-refractivity contribution in [2.24, 2.45) is 0 Å². The van der Waals surface area contributed by atoms with E-state index in [-0.39, 0.29) is 11.7 Å². The van der Waals surface area contributed by atoms with Gasteiger partial charge in [-0.2, -0.15) is 0 Å². The van der Waals surface area contributed by atoms with Crippen molar-refractivity contribution in [1.82, 2.24) is 14.8 Å². The number of aliphatic carboxylic acids is 1. The molecule has 2 fully saturated rings. The molecule has 0 spiro atoms. The number of aromatic nitrogens is 3. The molecule has 0 bridgehead atoms. The molecule has 2 N–H and O–H groups in total. The van der Waals surface area contributed by atoms with Crippen LogP contribution >= 0.6 is 11.8 Å². The van der Waals surface area contributed by atoms with Gasteiger partial charge < -0.3 is 15.0 Å². The second-order valence-electron chi connectivity index (χ2n) is 6.85. The van der Waals surface area contributed by atoms with Crippen molar-refractivity contribution in [1.29, 1.82) is 0 Å². The first kappa shape index (κ1) is 17.8. The van der Waals surface area contributed by atoms with Gasteiger partial charge in [0, 0.05) is 23.7 Å². The van der Waals surface area contributed by atoms with Gasteiger partial charge in [-0.1, -0.05) is 23.9 Å². The second-order valence-corrected chi connectivity index (χ2v) is 7.79. The molecule has 1 aromatic heterocycles. The van der Waals surface area contributed by atoms with Crippen LogP contribution in [-0.4, -0.2) is 37.5 Å². The highest BCUT2D eigenvalue weighted by Gasteiger charge is 2.36. The number of amides is 1. The number of carbonyl (C=O) groups excluding carboxylic acids is 1. The summed E-state index contributed by atoms with van der Waals surface area (Å²) in [7, 11) is 0. The zero-order chi connectivity index (χ0) is 18.8. The Morgan fingerprint density at radius 2 is 1.93 bits per heavy atom. The number of hydrogen-bond donors (Lipinski definition) is 2. The number of carbonyl (C=O) groups is 2. The monoisotopic (exact) mass is 384 g/mol. The molecule has 140 valence electrons. The summed E-state index contributed by atoms with van der Waals surface area (Å²) in [6.07, 6.45) is 7.30. The first-order valence-electron chi connectivity index (χ1n) is 8.98. The van der Waals surface area contributed by atoms with Crippen molar-refractivity contribution in [2.45, 2.75) is 42.8 Å². The van der Waals surface area contributed by atoms with E-state index >= 15 is 0 Å². The fourth-order valence-corrected chi connectivity index (χ4v) is 3.67. The van der Waals surface area contributed by atoms with E-state index < -0.39 is 5.97 Å². The zero-order valence-corrected chi connectivity index (χ0v) is 15.5. The molecule has 7 nitrogen and oxygen atoms in total. The average molecular weight is 384 g/mol. The molecule has 1 amide bonds. The number of anilines is 1. The molecule has 2 aliphatic carbocycles. The number of carboxylic acids is 1. The first-order valence-corrected chi connectivity index (χ1v) is 9.97. The van der Waals surface area contributed by atoms with Crippen molar-refractivity contribution in [2.75, 3.05) is 11.1 Å². The summed E-state index contributed by atoms with van der Waals surface area (Å²) in [5.74, 6) is 0.816. The van der Waals surface area contributed by atoms with Crippen LogP contribution in [0.4, 0.5) is 5.69 Å². The number of rotatable bonds is 8. The molecule has 2 aromatic rings. The van der Waals surface area contributed by atoms with E-state index in [1.807, 2.05) is 0 Å². The van der Waals surface area contributed by atoms with Gasteiger partial charge in [0.05, 0.1) is 5.75 Å². The quantitative estimate of drug-likeness (QED) is 0.535. The highest BCUT2D eigenvalue weighted by Crippen LogP contribution is 2.45. The maximum Gasteiger partial charge on any atom is 0.328 e. The number of nitrogens with one attached hydrogen (secondary N) is 1. The van der Waals surface area contributed by atoms with Gasteiger partial charge in [0.1, 0.15) is 5.82 Å². The predicted octanol–water partition coefficient (Wildman–Crippen LogP) is 3.32. The van der Waals surface area contributed by atoms with E-state index in [1.54, 1.807) is 24.3 Å². The third-order valence-corrected chi connectivity index (χ3v) is 5.43. The minimum Gasteiger partial charge on any atom is -0.478 e. The van der Waals surface area contributed by atoms with Gasteiger partial charge in [0.2, 0.25) is 5.91 Å². The van der Waals surface area contributed by atoms with E-state index in [0.717, 1.165) is 22.6 Å². The molecular weight excluding hydrogens is 364 g/mol. The Balaban J connectivity index is 1.33. The SMILES string of the molecule is O=C(O)/C=C/c1ccc(NC(=O)CSc2nnc(C3CC3)n2C2CC2)cc1. The Kier molecular flexibility index (Phi) is 4.98. The molecule has 0 radical (unpaired) electrons. The lowest BCUT2D eigenvalue weighted by atomic mass is 10.2. The smallest absolute Gasteiger partial charge is 0.328 e. The Bertz CT molecular complexity index is 883. The molecule has 1 heterocycles. The minimum absolute atomic E-state index is 0.104. The molecule has 0 saturated heterocycles. The second kappa shape index (κ2) is 7.56. The molecule has 2 saturated carbocycles. The summed E-state index contributed by atoms with van der Waals surface area (Å²) in [6, 6.07) is 7.53. The summed E-state index contributed by atoms with van der Waals surface area (Å²) >= 11 is 1.42. The lowest BCUT2D eigenvalue weighted by molar-refractivity contribution is -0.131. The van der Waals surface area contributed by atoms with Crippen LogP contribution in [0, 0.1) is 0 Å². The first-order chi connectivity index (χ1) is 13.1. The summed E-state index contributed by atoms with van der Waals surface area (Å²) in [5.41, 5.74) is 1.44. The van der Waals surface area contributed by atoms with E-state index in [2.05, 4.69) is 20.1 Å². The largest absolute Gasteiger partial charge is 0.478 e. The Labute approximate surface area is 160 Å². The third kappa shape index (κ3) is 4.57. The normalized spacial score (nSPS) is 16.6. The van der Waals surface area contributed by atoms with Gasteiger partial charge in [-0.3, -0.25) is 4.79 Å². The number of benzene rings is 1. The van der Waals surface area contributed by atoms with E-state index in [1.165, 1.54) is 43.5 Å². The van der Waals surface area contributed by atoms with Crippen molar-refractivity contribution in [3.8, 4) is 0 Å². The van der Waals surface area contributed by atoms with Gasteiger partial charge in [0.25, 0.3) is 0 Å². The molecule has 0 unspecified atom stereocenters. The van der Waals surface area contributed by atoms with E-state index in [9.17, 15) is 9.59 Å². The van der Waals surface area contributed by atoms with Crippen LogP contribution in [0.2, 0.25) is 0 Å². The van der Waals surface area contributed by atoms with Crippen LogP contribution in [-0.2, 0) is 9.59 Å². The number of nitrogens with zero attached hydrogens (tertiary/aromatic N) is 3. The highest BCUT2D eigenvalue weighted by molar-refractivity contribution is 7.99. The fraction of sp³-hybridized carbons (Fsp3) is 0.368. The van der Waals surface area contributed by atoms with Crippen LogP contribution in [0.5, 0.6) is 0 Å². The van der Waals surface area contributed by atoms with Crippen LogP contribution < -0.4 is 5.32 Å². The summed E-state index contributed by atoms with van der Waals surface area (Å²) in [6.45, 7) is 0. The summed E-state index contributed by atoms with van der Waals surface area (Å²) in [5, 5.41) is 21.0. The van der Waals surface area contributed by atoms with Crippen molar-refractivity contribution in [3.05, 3.63) is 41.7 Å². The summed E-state index contributed by atoms with van der Waals surface area (Å²) < 4.78 is 2.24. The number of hydrogen-bond acceptors (Lipinski definition) is 5. The molecule has 0 aliphatic heterocycles. The van der Waals surface area contributed by atoms with Crippen LogP contribution in [0.1, 0.15) is 49.0 Å². The van der Waals surface area contributed by atoms with Crippen LogP contribution in [0.3, 0.4) is 0 Å². The Morgan fingerprint density at radius 1 is 1.19 bits per heavy atom. The molecular formula is C19H20N4O3S. The maximum atomic E-state index is 12.3. The molecule has 0 atom stereocenters. The van der Waals surface area contributed by atoms with Gasteiger partial charge >= 0.3 is 5.97 Å². The molecule has 4 rings (SSSR count). The topological polar surface area (TPSA) is 97.1 Å². The van der Waals surface area contributed by atoms with Gasteiger partial charge in [0.15, 0.2) is 5.16 Å². The summed E-state index contributed by atoms with van der Waals surface area (Å²) in [4.78, 5) is 22.8. The van der Waals surface area contributed by atoms with Gasteiger partial charge in [-0.05, 0) is 49.5 Å². The standard InChI is InChI=1S/C19H20N4O3S/c24-16(20-14-6-1-12(2-7-14)3-10-17(25)26)11-27-19-22-21-18(13-4-5-13)23(19)15-8-9-15/h1-3,6-7,10,13,15H,4-5,8-9,11H2,(H,20,24)(H,25,26)/b10-3+. The van der Waals surface area contributed by atoms with Crippen molar-refractivity contribution in [3.63, 3.8) is 0 Å². The van der Waals surface area contributed by atoms with Gasteiger partial charge in [-0.15, -0.1) is 10.2 Å². The Morgan fingerprint density at radius 3 is 2.56 bits per heavy atom. The maximum absolute atomic E-state index is 12.3. The predicted molar refractivity (Wildman–Crippen MR) is 103 cm³/mol. The van der Waals surface area contributed by atoms with Crippen molar-refractivity contribution >= 4 is 35.4 Å². The van der Waals surface area contributed by atoms with Crippen LogP contribution in [0.15, 0.2) is 35.5 Å².